The molecule has 0 aliphatic carbocycles. The van der Waals surface area contributed by atoms with Gasteiger partial charge in [-0.1, -0.05) is 18.2 Å². The second-order valence-electron chi connectivity index (χ2n) is 3.81. The number of alkyl halides is 1. The molecular formula is C11H17ClN2O2S. The van der Waals surface area contributed by atoms with Crippen LogP contribution in [0.2, 0.25) is 0 Å². The van der Waals surface area contributed by atoms with Gasteiger partial charge in [-0.25, -0.2) is 12.7 Å². The summed E-state index contributed by atoms with van der Waals surface area (Å²) in [4.78, 5) is 0. The number of nitrogens with two attached hydrogens (primary N) is 1. The minimum atomic E-state index is -3.24. The molecule has 96 valence electrons. The fourth-order valence-electron chi connectivity index (χ4n) is 1.41. The third-order valence-corrected chi connectivity index (χ3v) is 4.61. The Bertz CT molecular complexity index is 462. The van der Waals surface area contributed by atoms with Gasteiger partial charge >= 0.3 is 0 Å². The maximum Gasteiger partial charge on any atom is 0.214 e. The summed E-state index contributed by atoms with van der Waals surface area (Å²) in [5, 5.41) is 0. The second-order valence-corrected chi connectivity index (χ2v) is 6.39. The predicted molar refractivity (Wildman–Crippen MR) is 71.4 cm³/mol. The van der Waals surface area contributed by atoms with E-state index >= 15 is 0 Å². The number of hydrogen-bond donors (Lipinski definition) is 1. The van der Waals surface area contributed by atoms with Crippen molar-refractivity contribution in [2.45, 2.75) is 13.0 Å². The summed E-state index contributed by atoms with van der Waals surface area (Å²) in [7, 11) is -1.69. The van der Waals surface area contributed by atoms with Gasteiger partial charge in [-0.3, -0.25) is 0 Å². The average molecular weight is 277 g/mol. The van der Waals surface area contributed by atoms with Crippen LogP contribution in [0.5, 0.6) is 0 Å². The molecule has 0 aromatic heterocycles. The van der Waals surface area contributed by atoms with Crippen LogP contribution in [0.3, 0.4) is 0 Å². The van der Waals surface area contributed by atoms with Crippen LogP contribution in [0.4, 0.5) is 5.69 Å². The van der Waals surface area contributed by atoms with Crippen LogP contribution in [-0.2, 0) is 16.6 Å². The highest BCUT2D eigenvalue weighted by Crippen LogP contribution is 2.14. The molecule has 1 aromatic rings. The zero-order valence-electron chi connectivity index (χ0n) is 9.77. The molecule has 1 aromatic carbocycles. The molecule has 0 fully saturated rings. The van der Waals surface area contributed by atoms with E-state index in [9.17, 15) is 8.42 Å². The Hall–Kier alpha value is -0.780. The fourth-order valence-corrected chi connectivity index (χ4v) is 2.86. The van der Waals surface area contributed by atoms with Crippen molar-refractivity contribution in [1.29, 1.82) is 0 Å². The van der Waals surface area contributed by atoms with E-state index in [2.05, 4.69) is 0 Å². The molecule has 6 heteroatoms. The number of rotatable bonds is 6. The lowest BCUT2D eigenvalue weighted by Gasteiger charge is -2.17. The normalized spacial score (nSPS) is 11.9. The van der Waals surface area contributed by atoms with Gasteiger partial charge < -0.3 is 5.73 Å². The topological polar surface area (TPSA) is 63.4 Å². The average Bonchev–Trinajstić information content (AvgIpc) is 2.29. The Morgan fingerprint density at radius 3 is 2.59 bits per heavy atom. The molecule has 0 bridgehead atoms. The van der Waals surface area contributed by atoms with Gasteiger partial charge in [0.15, 0.2) is 0 Å². The first-order valence-electron chi connectivity index (χ1n) is 5.30. The molecule has 0 radical (unpaired) electrons. The van der Waals surface area contributed by atoms with E-state index in [0.29, 0.717) is 18.0 Å². The van der Waals surface area contributed by atoms with Gasteiger partial charge in [0.2, 0.25) is 10.0 Å². The molecular weight excluding hydrogens is 260 g/mol. The van der Waals surface area contributed by atoms with E-state index in [4.69, 9.17) is 17.3 Å². The summed E-state index contributed by atoms with van der Waals surface area (Å²) in [5.74, 6) is 0.417. The fraction of sp³-hybridized carbons (Fsp3) is 0.455. The van der Waals surface area contributed by atoms with Crippen LogP contribution < -0.4 is 5.73 Å². The second kappa shape index (κ2) is 6.23. The highest BCUT2D eigenvalue weighted by atomic mass is 35.5. The number of benzene rings is 1. The van der Waals surface area contributed by atoms with Gasteiger partial charge in [-0.05, 0) is 18.1 Å². The van der Waals surface area contributed by atoms with E-state index in [-0.39, 0.29) is 12.3 Å². The number of nitrogens with zero attached hydrogens (tertiary/aromatic N) is 1. The molecule has 0 saturated heterocycles. The quantitative estimate of drug-likeness (QED) is 0.635. The highest BCUT2D eigenvalue weighted by molar-refractivity contribution is 7.89. The Balaban J connectivity index is 2.72. The largest absolute Gasteiger partial charge is 0.398 e. The third-order valence-electron chi connectivity index (χ3n) is 2.46. The first-order valence-corrected chi connectivity index (χ1v) is 7.45. The third kappa shape index (κ3) is 4.18. The number of para-hydroxylation sites is 1. The number of sulfonamides is 1. The van der Waals surface area contributed by atoms with Gasteiger partial charge in [0, 0.05) is 25.2 Å². The molecule has 0 aliphatic heterocycles. The minimum Gasteiger partial charge on any atom is -0.398 e. The van der Waals surface area contributed by atoms with Gasteiger partial charge in [0.25, 0.3) is 0 Å². The summed E-state index contributed by atoms with van der Waals surface area (Å²) in [5.41, 5.74) is 7.18. The van der Waals surface area contributed by atoms with Gasteiger partial charge in [0.1, 0.15) is 0 Å². The smallest absolute Gasteiger partial charge is 0.214 e. The lowest BCUT2D eigenvalue weighted by atomic mass is 10.2. The molecule has 4 nitrogen and oxygen atoms in total. The maximum atomic E-state index is 11.8. The van der Waals surface area contributed by atoms with Crippen LogP contribution in [0.15, 0.2) is 24.3 Å². The SMILES string of the molecule is CN(Cc1ccccc1N)S(=O)(=O)CCCCl. The summed E-state index contributed by atoms with van der Waals surface area (Å²) < 4.78 is 25.0. The van der Waals surface area contributed by atoms with E-state index in [1.807, 2.05) is 18.2 Å². The van der Waals surface area contributed by atoms with Crippen molar-refractivity contribution >= 4 is 27.3 Å². The first-order chi connectivity index (χ1) is 7.97. The van der Waals surface area contributed by atoms with Crippen molar-refractivity contribution in [3.63, 3.8) is 0 Å². The monoisotopic (exact) mass is 276 g/mol. The minimum absolute atomic E-state index is 0.0692. The molecule has 0 atom stereocenters. The molecule has 0 heterocycles. The standard InChI is InChI=1S/C11H17ClN2O2S/c1-14(17(15,16)8-4-7-12)9-10-5-2-3-6-11(10)13/h2-3,5-6H,4,7-9,13H2,1H3. The van der Waals surface area contributed by atoms with E-state index in [1.165, 1.54) is 4.31 Å². The molecule has 2 N–H and O–H groups in total. The van der Waals surface area contributed by atoms with Crippen molar-refractivity contribution in [1.82, 2.24) is 4.31 Å². The summed E-state index contributed by atoms with van der Waals surface area (Å²) in [6.45, 7) is 0.289. The van der Waals surface area contributed by atoms with E-state index in [0.717, 1.165) is 5.56 Å². The van der Waals surface area contributed by atoms with Crippen LogP contribution in [0, 0.1) is 0 Å². The van der Waals surface area contributed by atoms with Crippen molar-refractivity contribution in [3.05, 3.63) is 29.8 Å². The van der Waals surface area contributed by atoms with Gasteiger partial charge in [-0.2, -0.15) is 0 Å². The lowest BCUT2D eigenvalue weighted by Crippen LogP contribution is -2.29. The van der Waals surface area contributed by atoms with Crippen LogP contribution >= 0.6 is 11.6 Å². The van der Waals surface area contributed by atoms with Crippen LogP contribution in [0.1, 0.15) is 12.0 Å². The summed E-state index contributed by atoms with van der Waals surface area (Å²) >= 11 is 5.49. The van der Waals surface area contributed by atoms with E-state index < -0.39 is 10.0 Å². The molecule has 0 aliphatic rings. The number of halogens is 1. The van der Waals surface area contributed by atoms with E-state index in [1.54, 1.807) is 13.1 Å². The van der Waals surface area contributed by atoms with Crippen molar-refractivity contribution < 1.29 is 8.42 Å². The Morgan fingerprint density at radius 2 is 2.00 bits per heavy atom. The maximum absolute atomic E-state index is 11.8. The lowest BCUT2D eigenvalue weighted by molar-refractivity contribution is 0.466. The Labute approximate surface area is 107 Å². The van der Waals surface area contributed by atoms with Crippen molar-refractivity contribution in [2.75, 3.05) is 24.4 Å². The summed E-state index contributed by atoms with van der Waals surface area (Å²) in [6, 6.07) is 7.24. The van der Waals surface area contributed by atoms with Crippen LogP contribution in [-0.4, -0.2) is 31.4 Å². The first kappa shape index (κ1) is 14.3. The molecule has 0 unspecified atom stereocenters. The molecule has 0 amide bonds. The van der Waals surface area contributed by atoms with Gasteiger partial charge in [0.05, 0.1) is 5.75 Å². The molecule has 1 rings (SSSR count). The van der Waals surface area contributed by atoms with Crippen molar-refractivity contribution in [2.24, 2.45) is 0 Å². The number of nitrogen functional groups attached to an aromatic ring is 1. The zero-order valence-corrected chi connectivity index (χ0v) is 11.3. The summed E-state index contributed by atoms with van der Waals surface area (Å²) in [6.07, 6.45) is 0.457. The van der Waals surface area contributed by atoms with Crippen molar-refractivity contribution in [3.8, 4) is 0 Å². The highest BCUT2D eigenvalue weighted by Gasteiger charge is 2.17. The van der Waals surface area contributed by atoms with Gasteiger partial charge in [-0.15, -0.1) is 11.6 Å². The van der Waals surface area contributed by atoms with Crippen LogP contribution in [0.25, 0.3) is 0 Å². The Morgan fingerprint density at radius 1 is 1.35 bits per heavy atom. The predicted octanol–water partition coefficient (Wildman–Crippen LogP) is 1.66. The molecule has 0 spiro atoms. The zero-order chi connectivity index (χ0) is 12.9. The molecule has 17 heavy (non-hydrogen) atoms. The number of anilines is 1. The molecule has 0 saturated carbocycles. The Kier molecular flexibility index (Phi) is 5.24. The number of hydrogen-bond acceptors (Lipinski definition) is 3.